The van der Waals surface area contributed by atoms with Gasteiger partial charge in [0.05, 0.1) is 30.2 Å². The van der Waals surface area contributed by atoms with Crippen molar-refractivity contribution in [3.05, 3.63) is 69.5 Å². The van der Waals surface area contributed by atoms with Crippen molar-refractivity contribution in [2.45, 2.75) is 44.7 Å². The predicted octanol–water partition coefficient (Wildman–Crippen LogP) is 4.41. The van der Waals surface area contributed by atoms with Gasteiger partial charge in [-0.2, -0.15) is 0 Å². The maximum absolute atomic E-state index is 13.1. The third-order valence-corrected chi connectivity index (χ3v) is 6.78. The topological polar surface area (TPSA) is 81.7 Å². The molecule has 0 amide bonds. The standard InChI is InChI=1S/C24H27ClN4O3S/c1-16(2)11-12-28-22(31)19-8-4-6-10-21(19)29-23(28)26-27-24(29)33-15-18(30)14-32-13-17-7-3-5-9-20(17)25/h3-10,16,18,30H,11-15H2,1-2H3. The number of aromatic nitrogens is 4. The first-order chi connectivity index (χ1) is 16.0. The van der Waals surface area contributed by atoms with E-state index in [1.54, 1.807) is 4.57 Å². The van der Waals surface area contributed by atoms with Gasteiger partial charge in [0, 0.05) is 17.3 Å². The van der Waals surface area contributed by atoms with Crippen LogP contribution < -0.4 is 5.56 Å². The van der Waals surface area contributed by atoms with Crippen LogP contribution in [-0.2, 0) is 17.9 Å². The van der Waals surface area contributed by atoms with Gasteiger partial charge in [0.2, 0.25) is 5.78 Å². The number of aliphatic hydroxyl groups excluding tert-OH is 1. The van der Waals surface area contributed by atoms with E-state index in [0.29, 0.717) is 46.2 Å². The van der Waals surface area contributed by atoms with E-state index in [2.05, 4.69) is 24.0 Å². The maximum atomic E-state index is 13.1. The van der Waals surface area contributed by atoms with Crippen molar-refractivity contribution in [3.63, 3.8) is 0 Å². The zero-order valence-corrected chi connectivity index (χ0v) is 20.2. The van der Waals surface area contributed by atoms with Crippen LogP contribution in [-0.4, -0.2) is 42.7 Å². The summed E-state index contributed by atoms with van der Waals surface area (Å²) in [7, 11) is 0. The van der Waals surface area contributed by atoms with Crippen LogP contribution in [0.4, 0.5) is 0 Å². The first-order valence-electron chi connectivity index (χ1n) is 10.9. The van der Waals surface area contributed by atoms with Crippen LogP contribution >= 0.6 is 23.4 Å². The molecule has 7 nitrogen and oxygen atoms in total. The number of aryl methyl sites for hydroxylation is 1. The number of thioether (sulfide) groups is 1. The van der Waals surface area contributed by atoms with Gasteiger partial charge in [0.1, 0.15) is 0 Å². The number of benzene rings is 2. The van der Waals surface area contributed by atoms with E-state index in [-0.39, 0.29) is 12.2 Å². The lowest BCUT2D eigenvalue weighted by atomic mass is 10.1. The molecule has 4 aromatic rings. The number of nitrogens with zero attached hydrogens (tertiary/aromatic N) is 4. The number of fused-ring (bicyclic) bond motifs is 3. The zero-order chi connectivity index (χ0) is 23.4. The van der Waals surface area contributed by atoms with Crippen LogP contribution in [0.1, 0.15) is 25.8 Å². The molecule has 174 valence electrons. The fraction of sp³-hybridized carbons (Fsp3) is 0.375. The van der Waals surface area contributed by atoms with Gasteiger partial charge in [-0.25, -0.2) is 0 Å². The summed E-state index contributed by atoms with van der Waals surface area (Å²) in [6.07, 6.45) is 0.174. The highest BCUT2D eigenvalue weighted by atomic mass is 35.5. The van der Waals surface area contributed by atoms with Crippen LogP contribution in [0.5, 0.6) is 0 Å². The largest absolute Gasteiger partial charge is 0.390 e. The Morgan fingerprint density at radius 3 is 2.67 bits per heavy atom. The maximum Gasteiger partial charge on any atom is 0.262 e. The Morgan fingerprint density at radius 1 is 1.12 bits per heavy atom. The minimum atomic E-state index is -0.692. The number of halogens is 1. The summed E-state index contributed by atoms with van der Waals surface area (Å²) >= 11 is 7.53. The molecule has 33 heavy (non-hydrogen) atoms. The van der Waals surface area contributed by atoms with Crippen molar-refractivity contribution in [2.75, 3.05) is 12.4 Å². The summed E-state index contributed by atoms with van der Waals surface area (Å²) < 4.78 is 9.24. The lowest BCUT2D eigenvalue weighted by Crippen LogP contribution is -2.24. The number of para-hydroxylation sites is 1. The second-order valence-corrected chi connectivity index (χ2v) is 9.74. The Kier molecular flexibility index (Phi) is 7.70. The summed E-state index contributed by atoms with van der Waals surface area (Å²) in [4.78, 5) is 13.1. The highest BCUT2D eigenvalue weighted by molar-refractivity contribution is 7.99. The van der Waals surface area contributed by atoms with Crippen LogP contribution in [0.15, 0.2) is 58.5 Å². The second-order valence-electron chi connectivity index (χ2n) is 8.35. The lowest BCUT2D eigenvalue weighted by Gasteiger charge is -2.13. The highest BCUT2D eigenvalue weighted by Crippen LogP contribution is 2.23. The minimum absolute atomic E-state index is 0.0595. The van der Waals surface area contributed by atoms with Gasteiger partial charge in [-0.15, -0.1) is 10.2 Å². The molecule has 0 aliphatic heterocycles. The highest BCUT2D eigenvalue weighted by Gasteiger charge is 2.18. The number of rotatable bonds is 10. The SMILES string of the molecule is CC(C)CCn1c(=O)c2ccccc2n2c(SCC(O)COCc3ccccc3Cl)nnc12. The number of hydrogen-bond acceptors (Lipinski definition) is 6. The second kappa shape index (κ2) is 10.7. The molecule has 2 aromatic carbocycles. The molecular weight excluding hydrogens is 460 g/mol. The van der Waals surface area contributed by atoms with Gasteiger partial charge in [0.15, 0.2) is 5.16 Å². The molecule has 0 fully saturated rings. The van der Waals surface area contributed by atoms with Crippen LogP contribution in [0.3, 0.4) is 0 Å². The molecule has 0 aliphatic rings. The fourth-order valence-corrected chi connectivity index (χ4v) is 4.59. The smallest absolute Gasteiger partial charge is 0.262 e. The first-order valence-corrected chi connectivity index (χ1v) is 12.3. The van der Waals surface area contributed by atoms with E-state index in [9.17, 15) is 9.90 Å². The molecule has 2 heterocycles. The Hall–Kier alpha value is -2.39. The van der Waals surface area contributed by atoms with Crippen molar-refractivity contribution in [3.8, 4) is 0 Å². The van der Waals surface area contributed by atoms with E-state index in [4.69, 9.17) is 16.3 Å². The minimum Gasteiger partial charge on any atom is -0.390 e. The number of ether oxygens (including phenoxy) is 1. The van der Waals surface area contributed by atoms with Gasteiger partial charge in [-0.05, 0) is 36.1 Å². The molecule has 9 heteroatoms. The van der Waals surface area contributed by atoms with Crippen molar-refractivity contribution in [2.24, 2.45) is 5.92 Å². The van der Waals surface area contributed by atoms with Crippen LogP contribution in [0.25, 0.3) is 16.7 Å². The Balaban J connectivity index is 1.51. The van der Waals surface area contributed by atoms with Crippen molar-refractivity contribution in [1.82, 2.24) is 19.2 Å². The third kappa shape index (κ3) is 5.41. The Bertz CT molecular complexity index is 1300. The van der Waals surface area contributed by atoms with Crippen molar-refractivity contribution in [1.29, 1.82) is 0 Å². The fourth-order valence-electron chi connectivity index (χ4n) is 3.56. The molecule has 4 rings (SSSR count). The molecule has 1 atom stereocenters. The average Bonchev–Trinajstić information content (AvgIpc) is 3.23. The molecule has 1 unspecified atom stereocenters. The van der Waals surface area contributed by atoms with E-state index in [0.717, 1.165) is 17.5 Å². The molecule has 0 bridgehead atoms. The normalized spacial score (nSPS) is 12.8. The lowest BCUT2D eigenvalue weighted by molar-refractivity contribution is 0.0398. The number of hydrogen-bond donors (Lipinski definition) is 1. The molecule has 0 saturated carbocycles. The van der Waals surface area contributed by atoms with Gasteiger partial charge in [-0.3, -0.25) is 13.8 Å². The molecule has 0 aliphatic carbocycles. The summed E-state index contributed by atoms with van der Waals surface area (Å²) in [5.74, 6) is 1.36. The Morgan fingerprint density at radius 2 is 1.88 bits per heavy atom. The van der Waals surface area contributed by atoms with E-state index in [1.807, 2.05) is 52.9 Å². The van der Waals surface area contributed by atoms with Gasteiger partial charge in [-0.1, -0.05) is 67.5 Å². The van der Waals surface area contributed by atoms with Gasteiger partial charge < -0.3 is 9.84 Å². The zero-order valence-electron chi connectivity index (χ0n) is 18.6. The molecule has 0 spiro atoms. The summed E-state index contributed by atoms with van der Waals surface area (Å²) in [6, 6.07) is 15.0. The Labute approximate surface area is 201 Å². The van der Waals surface area contributed by atoms with Gasteiger partial charge in [0.25, 0.3) is 5.56 Å². The average molecular weight is 487 g/mol. The van der Waals surface area contributed by atoms with Crippen LogP contribution in [0, 0.1) is 5.92 Å². The summed E-state index contributed by atoms with van der Waals surface area (Å²) in [5, 5.41) is 21.0. The van der Waals surface area contributed by atoms with Crippen molar-refractivity contribution < 1.29 is 9.84 Å². The van der Waals surface area contributed by atoms with Crippen molar-refractivity contribution >= 4 is 40.0 Å². The summed E-state index contributed by atoms with van der Waals surface area (Å²) in [6.45, 7) is 5.34. The number of aliphatic hydroxyl groups is 1. The third-order valence-electron chi connectivity index (χ3n) is 5.34. The van der Waals surface area contributed by atoms with E-state index in [1.165, 1.54) is 11.8 Å². The summed E-state index contributed by atoms with van der Waals surface area (Å²) in [5.41, 5.74) is 1.58. The molecule has 2 aromatic heterocycles. The molecule has 0 saturated heterocycles. The molecule has 0 radical (unpaired) electrons. The quantitative estimate of drug-likeness (QED) is 0.334. The first kappa shape index (κ1) is 23.8. The van der Waals surface area contributed by atoms with Crippen LogP contribution in [0.2, 0.25) is 5.02 Å². The predicted molar refractivity (Wildman–Crippen MR) is 132 cm³/mol. The van der Waals surface area contributed by atoms with E-state index >= 15 is 0 Å². The van der Waals surface area contributed by atoms with Gasteiger partial charge >= 0.3 is 0 Å². The monoisotopic (exact) mass is 486 g/mol. The molecule has 1 N–H and O–H groups in total. The molecular formula is C24H27ClN4O3S. The van der Waals surface area contributed by atoms with E-state index < -0.39 is 6.10 Å².